The van der Waals surface area contributed by atoms with Gasteiger partial charge in [0.05, 0.1) is 11.4 Å². The Bertz CT molecular complexity index is 1030. The first-order valence-corrected chi connectivity index (χ1v) is 9.39. The van der Waals surface area contributed by atoms with Gasteiger partial charge in [-0.25, -0.2) is 4.99 Å². The van der Waals surface area contributed by atoms with Crippen LogP contribution >= 0.6 is 0 Å². The Morgan fingerprint density at radius 3 is 2.32 bits per heavy atom. The molecule has 3 aromatic rings. The van der Waals surface area contributed by atoms with Crippen LogP contribution in [0, 0.1) is 0 Å². The van der Waals surface area contributed by atoms with Crippen molar-refractivity contribution in [1.82, 2.24) is 10.4 Å². The maximum Gasteiger partial charge on any atom is 0.154 e. The van der Waals surface area contributed by atoms with E-state index >= 15 is 0 Å². The van der Waals surface area contributed by atoms with Crippen LogP contribution < -0.4 is 10.3 Å². The Kier molecular flexibility index (Phi) is 4.89. The van der Waals surface area contributed by atoms with E-state index < -0.39 is 0 Å². The van der Waals surface area contributed by atoms with E-state index in [4.69, 9.17) is 10.1 Å². The molecule has 0 aliphatic carbocycles. The van der Waals surface area contributed by atoms with Crippen LogP contribution in [0.25, 0.3) is 0 Å². The molecule has 0 saturated heterocycles. The second kappa shape index (κ2) is 7.64. The van der Waals surface area contributed by atoms with E-state index in [1.807, 2.05) is 26.2 Å². The first kappa shape index (κ1) is 17.9. The number of aromatic nitrogens is 1. The molecule has 0 saturated carbocycles. The summed E-state index contributed by atoms with van der Waals surface area (Å²) in [6, 6.07) is 18.7. The van der Waals surface area contributed by atoms with Crippen LogP contribution in [0.5, 0.6) is 0 Å². The monoisotopic (exact) mass is 369 g/mol. The van der Waals surface area contributed by atoms with Crippen LogP contribution in [0.4, 0.5) is 11.4 Å². The number of nitrogens with one attached hydrogen (secondary N) is 1. The molecule has 0 bridgehead atoms. The fourth-order valence-corrected chi connectivity index (χ4v) is 3.18. The lowest BCUT2D eigenvalue weighted by Gasteiger charge is -2.14. The Labute approximate surface area is 165 Å². The lowest BCUT2D eigenvalue weighted by molar-refractivity contribution is 1.03. The second-order valence-electron chi connectivity index (χ2n) is 6.91. The summed E-state index contributed by atoms with van der Waals surface area (Å²) in [7, 11) is 4.08. The molecule has 140 valence electrons. The average Bonchev–Trinajstić information content (AvgIpc) is 2.93. The lowest BCUT2D eigenvalue weighted by Crippen LogP contribution is -2.19. The molecule has 5 heteroatoms. The number of hydrazone groups is 1. The SMILES string of the molecule is CCc1ccc2c(c1)C(c1ccc(N(C)C)cc1)=NNC(c1ccncc1)=N2. The molecule has 0 atom stereocenters. The van der Waals surface area contributed by atoms with Gasteiger partial charge in [0.1, 0.15) is 0 Å². The summed E-state index contributed by atoms with van der Waals surface area (Å²) in [6.45, 7) is 2.16. The largest absolute Gasteiger partial charge is 0.378 e. The Morgan fingerprint density at radius 1 is 0.893 bits per heavy atom. The van der Waals surface area contributed by atoms with Crippen molar-refractivity contribution in [1.29, 1.82) is 0 Å². The maximum atomic E-state index is 4.86. The fourth-order valence-electron chi connectivity index (χ4n) is 3.18. The quantitative estimate of drug-likeness (QED) is 0.752. The highest BCUT2D eigenvalue weighted by atomic mass is 15.3. The van der Waals surface area contributed by atoms with Crippen molar-refractivity contribution in [3.8, 4) is 0 Å². The Morgan fingerprint density at radius 2 is 1.64 bits per heavy atom. The highest BCUT2D eigenvalue weighted by molar-refractivity contribution is 6.18. The summed E-state index contributed by atoms with van der Waals surface area (Å²) < 4.78 is 0. The molecule has 1 N–H and O–H groups in total. The average molecular weight is 369 g/mol. The Hall–Kier alpha value is -3.47. The highest BCUT2D eigenvalue weighted by Crippen LogP contribution is 2.28. The van der Waals surface area contributed by atoms with Gasteiger partial charge in [0.15, 0.2) is 5.84 Å². The smallest absolute Gasteiger partial charge is 0.154 e. The third-order valence-electron chi connectivity index (χ3n) is 4.84. The molecule has 28 heavy (non-hydrogen) atoms. The van der Waals surface area contributed by atoms with Crippen LogP contribution in [0.2, 0.25) is 0 Å². The van der Waals surface area contributed by atoms with Crippen LogP contribution in [0.1, 0.15) is 29.2 Å². The van der Waals surface area contributed by atoms with Crippen molar-refractivity contribution < 1.29 is 0 Å². The number of aliphatic imine (C=N–C) groups is 1. The molecule has 1 aromatic heterocycles. The van der Waals surface area contributed by atoms with Crippen molar-refractivity contribution in [3.05, 3.63) is 89.2 Å². The zero-order chi connectivity index (χ0) is 19.5. The molecule has 4 rings (SSSR count). The number of nitrogens with zero attached hydrogens (tertiary/aromatic N) is 4. The van der Waals surface area contributed by atoms with Gasteiger partial charge < -0.3 is 4.90 Å². The number of pyridine rings is 1. The van der Waals surface area contributed by atoms with Gasteiger partial charge in [0.25, 0.3) is 0 Å². The topological polar surface area (TPSA) is 52.9 Å². The van der Waals surface area contributed by atoms with Crippen LogP contribution in [-0.2, 0) is 6.42 Å². The van der Waals surface area contributed by atoms with E-state index in [0.29, 0.717) is 5.84 Å². The zero-order valence-corrected chi connectivity index (χ0v) is 16.3. The summed E-state index contributed by atoms with van der Waals surface area (Å²) in [6.07, 6.45) is 4.49. The van der Waals surface area contributed by atoms with Crippen LogP contribution in [0.15, 0.2) is 77.1 Å². The zero-order valence-electron chi connectivity index (χ0n) is 16.3. The van der Waals surface area contributed by atoms with Gasteiger partial charge in [-0.15, -0.1) is 0 Å². The number of benzene rings is 2. The molecule has 2 heterocycles. The summed E-state index contributed by atoms with van der Waals surface area (Å²) in [5, 5.41) is 4.74. The van der Waals surface area contributed by atoms with Gasteiger partial charge in [0.2, 0.25) is 0 Å². The summed E-state index contributed by atoms with van der Waals surface area (Å²) in [4.78, 5) is 11.0. The number of hydrogen-bond acceptors (Lipinski definition) is 5. The summed E-state index contributed by atoms with van der Waals surface area (Å²) in [5.41, 5.74) is 10.4. The van der Waals surface area contributed by atoms with Crippen LogP contribution in [0.3, 0.4) is 0 Å². The van der Waals surface area contributed by atoms with Gasteiger partial charge in [-0.1, -0.05) is 25.1 Å². The standard InChI is InChI=1S/C23H23N5/c1-4-16-5-10-21-20(15-16)22(17-6-8-19(9-7-17)28(2)3)26-27-23(25-21)18-11-13-24-14-12-18/h5-15H,4H2,1-3H3,(H,25,27). The summed E-state index contributed by atoms with van der Waals surface area (Å²) >= 11 is 0. The van der Waals surface area contributed by atoms with E-state index in [2.05, 4.69) is 64.7 Å². The molecule has 0 amide bonds. The molecular weight excluding hydrogens is 346 g/mol. The van der Waals surface area contributed by atoms with E-state index in [9.17, 15) is 0 Å². The maximum absolute atomic E-state index is 4.86. The number of hydrogen-bond donors (Lipinski definition) is 1. The second-order valence-corrected chi connectivity index (χ2v) is 6.91. The number of aryl methyl sites for hydroxylation is 1. The minimum Gasteiger partial charge on any atom is -0.378 e. The lowest BCUT2D eigenvalue weighted by atomic mass is 9.97. The Balaban J connectivity index is 1.83. The van der Waals surface area contributed by atoms with E-state index in [1.54, 1.807) is 12.4 Å². The van der Waals surface area contributed by atoms with Gasteiger partial charge in [-0.05, 0) is 48.4 Å². The fraction of sp³-hybridized carbons (Fsp3) is 0.174. The first-order chi connectivity index (χ1) is 13.7. The third kappa shape index (κ3) is 3.51. The number of fused-ring (bicyclic) bond motifs is 1. The molecule has 5 nitrogen and oxygen atoms in total. The third-order valence-corrected chi connectivity index (χ3v) is 4.84. The van der Waals surface area contributed by atoms with E-state index in [-0.39, 0.29) is 0 Å². The predicted octanol–water partition coefficient (Wildman–Crippen LogP) is 4.14. The molecule has 2 aromatic carbocycles. The molecular formula is C23H23N5. The van der Waals surface area contributed by atoms with Gasteiger partial charge >= 0.3 is 0 Å². The number of anilines is 1. The minimum atomic E-state index is 0.716. The van der Waals surface area contributed by atoms with Crippen molar-refractivity contribution >= 4 is 22.9 Å². The van der Waals surface area contributed by atoms with Crippen molar-refractivity contribution in [2.75, 3.05) is 19.0 Å². The normalized spacial score (nSPS) is 13.0. The number of rotatable bonds is 4. The molecule has 0 spiro atoms. The predicted molar refractivity (Wildman–Crippen MR) is 116 cm³/mol. The summed E-state index contributed by atoms with van der Waals surface area (Å²) in [5.74, 6) is 0.716. The van der Waals surface area contributed by atoms with Crippen molar-refractivity contribution in [3.63, 3.8) is 0 Å². The number of amidine groups is 1. The van der Waals surface area contributed by atoms with Crippen molar-refractivity contribution in [2.45, 2.75) is 13.3 Å². The van der Waals surface area contributed by atoms with E-state index in [1.165, 1.54) is 5.56 Å². The molecule has 0 unspecified atom stereocenters. The van der Waals surface area contributed by atoms with Crippen molar-refractivity contribution in [2.24, 2.45) is 10.1 Å². The van der Waals surface area contributed by atoms with Crippen LogP contribution in [-0.4, -0.2) is 30.6 Å². The first-order valence-electron chi connectivity index (χ1n) is 9.39. The van der Waals surface area contributed by atoms with Gasteiger partial charge in [-0.3, -0.25) is 10.4 Å². The minimum absolute atomic E-state index is 0.716. The molecule has 1 aliphatic rings. The van der Waals surface area contributed by atoms with E-state index in [0.717, 1.165) is 40.2 Å². The van der Waals surface area contributed by atoms with Gasteiger partial charge in [0, 0.05) is 48.9 Å². The highest BCUT2D eigenvalue weighted by Gasteiger charge is 2.18. The molecule has 0 radical (unpaired) electrons. The van der Waals surface area contributed by atoms with Gasteiger partial charge in [-0.2, -0.15) is 5.10 Å². The molecule has 1 aliphatic heterocycles. The molecule has 0 fully saturated rings.